The minimum Gasteiger partial charge on any atom is -0.0622 e. The van der Waals surface area contributed by atoms with E-state index in [1.807, 2.05) is 0 Å². The summed E-state index contributed by atoms with van der Waals surface area (Å²) in [6, 6.07) is 17.6. The van der Waals surface area contributed by atoms with E-state index in [0.29, 0.717) is 0 Å². The van der Waals surface area contributed by atoms with E-state index >= 15 is 0 Å². The molecule has 0 aliphatic rings. The van der Waals surface area contributed by atoms with Crippen molar-refractivity contribution in [3.05, 3.63) is 59.7 Å². The van der Waals surface area contributed by atoms with Crippen molar-refractivity contribution in [2.24, 2.45) is 0 Å². The third-order valence-corrected chi connectivity index (χ3v) is 5.87. The highest BCUT2D eigenvalue weighted by molar-refractivity contribution is 7.73. The van der Waals surface area contributed by atoms with Gasteiger partial charge in [-0.05, 0) is 49.7 Å². The van der Waals surface area contributed by atoms with Gasteiger partial charge >= 0.3 is 0 Å². The summed E-state index contributed by atoms with van der Waals surface area (Å²) in [5.41, 5.74) is 2.86. The Kier molecular flexibility index (Phi) is 3.97. The molecule has 0 saturated heterocycles. The topological polar surface area (TPSA) is 0 Å². The van der Waals surface area contributed by atoms with Crippen LogP contribution in [0.4, 0.5) is 0 Å². The lowest BCUT2D eigenvalue weighted by atomic mass is 10.1. The van der Waals surface area contributed by atoms with Gasteiger partial charge in [0.15, 0.2) is 0 Å². The van der Waals surface area contributed by atoms with Gasteiger partial charge in [0.1, 0.15) is 0 Å². The number of hydrogen-bond donors (Lipinski definition) is 0. The molecule has 0 fully saturated rings. The van der Waals surface area contributed by atoms with Gasteiger partial charge in [-0.3, -0.25) is 0 Å². The van der Waals surface area contributed by atoms with E-state index in [0.717, 1.165) is 0 Å². The van der Waals surface area contributed by atoms with Crippen LogP contribution in [0.2, 0.25) is 0 Å². The fraction of sp³-hybridized carbons (Fsp3) is 0.250. The lowest BCUT2D eigenvalue weighted by molar-refractivity contribution is 1.36. The summed E-state index contributed by atoms with van der Waals surface area (Å²) >= 11 is 0. The molecule has 1 heteroatoms. The van der Waals surface area contributed by atoms with Gasteiger partial charge in [0.05, 0.1) is 0 Å². The molecule has 0 spiro atoms. The smallest absolute Gasteiger partial charge is 0.0164 e. The fourth-order valence-electron chi connectivity index (χ4n) is 2.13. The van der Waals surface area contributed by atoms with Crippen molar-refractivity contribution in [1.82, 2.24) is 0 Å². The minimum atomic E-state index is -0.186. The molecule has 0 N–H and O–H groups in total. The van der Waals surface area contributed by atoms with E-state index in [1.165, 1.54) is 27.9 Å². The lowest BCUT2D eigenvalue weighted by Crippen LogP contribution is -2.16. The Labute approximate surface area is 105 Å². The van der Waals surface area contributed by atoms with E-state index in [9.17, 15) is 0 Å². The predicted octanol–water partition coefficient (Wildman–Crippen LogP) is 3.76. The average molecular weight is 242 g/mol. The van der Waals surface area contributed by atoms with Gasteiger partial charge in [-0.25, -0.2) is 0 Å². The maximum Gasteiger partial charge on any atom is -0.0164 e. The van der Waals surface area contributed by atoms with Crippen molar-refractivity contribution in [2.75, 3.05) is 6.16 Å². The summed E-state index contributed by atoms with van der Waals surface area (Å²) in [4.78, 5) is 0. The minimum absolute atomic E-state index is 0.186. The van der Waals surface area contributed by atoms with Gasteiger partial charge in [-0.2, -0.15) is 0 Å². The van der Waals surface area contributed by atoms with E-state index in [1.54, 1.807) is 0 Å². The van der Waals surface area contributed by atoms with E-state index in [4.69, 9.17) is 0 Å². The number of benzene rings is 2. The van der Waals surface area contributed by atoms with Crippen LogP contribution in [0.25, 0.3) is 0 Å². The molecule has 0 bridgehead atoms. The first-order chi connectivity index (χ1) is 8.24. The highest BCUT2D eigenvalue weighted by Crippen LogP contribution is 2.34. The Morgan fingerprint density at radius 2 is 1.59 bits per heavy atom. The Bertz CT molecular complexity index is 488. The van der Waals surface area contributed by atoms with E-state index < -0.39 is 0 Å². The van der Waals surface area contributed by atoms with Gasteiger partial charge < -0.3 is 0 Å². The second-order valence-electron chi connectivity index (χ2n) is 4.30. The second kappa shape index (κ2) is 5.47. The monoisotopic (exact) mass is 242 g/mol. The molecule has 0 heterocycles. The summed E-state index contributed by atoms with van der Waals surface area (Å²) in [6.45, 7) is 6.74. The molecule has 0 aliphatic carbocycles. The van der Waals surface area contributed by atoms with Gasteiger partial charge in [0.25, 0.3) is 0 Å². The fourth-order valence-corrected chi connectivity index (χ4v) is 4.49. The van der Waals surface area contributed by atoms with Crippen LogP contribution in [0.15, 0.2) is 48.5 Å². The second-order valence-corrected chi connectivity index (χ2v) is 6.79. The molecular weight excluding hydrogens is 223 g/mol. The zero-order valence-electron chi connectivity index (χ0n) is 10.8. The standard InChI is InChI=1S/C16H19P/c1-4-17(15-10-6-5-7-11-15)16-12-8-9-13(2)14(16)3/h5-12H,4H2,1-3H3. The third kappa shape index (κ3) is 2.58. The molecule has 0 nitrogen and oxygen atoms in total. The molecule has 0 aromatic heterocycles. The molecule has 0 amide bonds. The molecule has 2 rings (SSSR count). The molecule has 0 aliphatic heterocycles. The van der Waals surface area contributed by atoms with Crippen LogP contribution in [0.3, 0.4) is 0 Å². The quantitative estimate of drug-likeness (QED) is 0.719. The van der Waals surface area contributed by atoms with Gasteiger partial charge in [0.2, 0.25) is 0 Å². The van der Waals surface area contributed by atoms with Crippen LogP contribution in [0, 0.1) is 13.8 Å². The van der Waals surface area contributed by atoms with Gasteiger partial charge in [0, 0.05) is 0 Å². The summed E-state index contributed by atoms with van der Waals surface area (Å²) in [7, 11) is -0.186. The SMILES string of the molecule is CCP(c1ccccc1)c1cccc(C)c1C. The van der Waals surface area contributed by atoms with E-state index in [2.05, 4.69) is 69.3 Å². The maximum absolute atomic E-state index is 2.30. The van der Waals surface area contributed by atoms with Gasteiger partial charge in [-0.15, -0.1) is 0 Å². The first-order valence-electron chi connectivity index (χ1n) is 6.13. The van der Waals surface area contributed by atoms with Gasteiger partial charge in [-0.1, -0.05) is 55.5 Å². The van der Waals surface area contributed by atoms with Crippen molar-refractivity contribution in [3.8, 4) is 0 Å². The number of aryl methyl sites for hydroxylation is 1. The van der Waals surface area contributed by atoms with Crippen LogP contribution in [0.1, 0.15) is 18.1 Å². The Morgan fingerprint density at radius 3 is 2.24 bits per heavy atom. The molecule has 0 radical (unpaired) electrons. The van der Waals surface area contributed by atoms with Crippen molar-refractivity contribution >= 4 is 18.5 Å². The maximum atomic E-state index is 2.30. The Morgan fingerprint density at radius 1 is 0.882 bits per heavy atom. The molecule has 88 valence electrons. The molecule has 1 unspecified atom stereocenters. The normalized spacial score (nSPS) is 12.4. The Hall–Kier alpha value is -1.13. The van der Waals surface area contributed by atoms with Crippen LogP contribution < -0.4 is 10.6 Å². The molecule has 17 heavy (non-hydrogen) atoms. The average Bonchev–Trinajstić information content (AvgIpc) is 2.37. The zero-order chi connectivity index (χ0) is 12.3. The van der Waals surface area contributed by atoms with Crippen molar-refractivity contribution in [2.45, 2.75) is 20.8 Å². The van der Waals surface area contributed by atoms with Crippen LogP contribution >= 0.6 is 7.92 Å². The number of rotatable bonds is 3. The Balaban J connectivity index is 2.46. The summed E-state index contributed by atoms with van der Waals surface area (Å²) in [5, 5.41) is 3.02. The molecule has 0 saturated carbocycles. The van der Waals surface area contributed by atoms with Crippen molar-refractivity contribution in [3.63, 3.8) is 0 Å². The molecule has 2 aromatic carbocycles. The van der Waals surface area contributed by atoms with Crippen LogP contribution in [0.5, 0.6) is 0 Å². The number of hydrogen-bond acceptors (Lipinski definition) is 0. The van der Waals surface area contributed by atoms with E-state index in [-0.39, 0.29) is 7.92 Å². The lowest BCUT2D eigenvalue weighted by Gasteiger charge is -2.20. The predicted molar refractivity (Wildman–Crippen MR) is 79.1 cm³/mol. The zero-order valence-corrected chi connectivity index (χ0v) is 11.7. The van der Waals surface area contributed by atoms with Crippen LogP contribution in [-0.2, 0) is 0 Å². The van der Waals surface area contributed by atoms with Crippen LogP contribution in [-0.4, -0.2) is 6.16 Å². The molecule has 2 aromatic rings. The largest absolute Gasteiger partial charge is 0.0622 e. The first kappa shape index (κ1) is 12.3. The summed E-state index contributed by atoms with van der Waals surface area (Å²) in [6.07, 6.45) is 1.21. The van der Waals surface area contributed by atoms with Crippen molar-refractivity contribution in [1.29, 1.82) is 0 Å². The van der Waals surface area contributed by atoms with Crippen molar-refractivity contribution < 1.29 is 0 Å². The molecular formula is C16H19P. The summed E-state index contributed by atoms with van der Waals surface area (Å²) in [5.74, 6) is 0. The third-order valence-electron chi connectivity index (χ3n) is 3.25. The first-order valence-corrected chi connectivity index (χ1v) is 7.65. The highest BCUT2D eigenvalue weighted by Gasteiger charge is 2.13. The molecule has 1 atom stereocenters. The summed E-state index contributed by atoms with van der Waals surface area (Å²) < 4.78 is 0. The highest BCUT2D eigenvalue weighted by atomic mass is 31.1.